The number of phosphoric acid groups is 1. The third-order valence-corrected chi connectivity index (χ3v) is 6.47. The molecule has 0 bridgehead atoms. The van der Waals surface area contributed by atoms with Crippen LogP contribution in [0.1, 0.15) is 42.4 Å². The van der Waals surface area contributed by atoms with Crippen LogP contribution in [-0.2, 0) is 34.2 Å². The minimum atomic E-state index is -4.03. The number of halogens is 1. The Labute approximate surface area is 187 Å². The highest BCUT2D eigenvalue weighted by molar-refractivity contribution is 7.48. The van der Waals surface area contributed by atoms with Crippen LogP contribution >= 0.6 is 7.82 Å². The number of H-pyrrole nitrogens is 1. The van der Waals surface area contributed by atoms with Crippen molar-refractivity contribution in [2.45, 2.75) is 51.4 Å². The van der Waals surface area contributed by atoms with E-state index >= 15 is 0 Å². The molecule has 11 nitrogen and oxygen atoms in total. The van der Waals surface area contributed by atoms with Crippen LogP contribution in [0, 0.1) is 5.82 Å². The topological polar surface area (TPSA) is 135 Å². The molecule has 2 aliphatic rings. The maximum Gasteiger partial charge on any atom is 0.475 e. The quantitative estimate of drug-likeness (QED) is 0.484. The Kier molecular flexibility index (Phi) is 6.64. The van der Waals surface area contributed by atoms with Crippen molar-refractivity contribution >= 4 is 13.8 Å². The Morgan fingerprint density at radius 1 is 1.30 bits per heavy atom. The summed E-state index contributed by atoms with van der Waals surface area (Å²) in [5.74, 6) is -1.69. The molecule has 1 unspecified atom stereocenters. The zero-order valence-corrected chi connectivity index (χ0v) is 18.7. The first-order valence-corrected chi connectivity index (χ1v) is 11.6. The summed E-state index contributed by atoms with van der Waals surface area (Å²) in [5.41, 5.74) is -1.29. The molecule has 178 valence electrons. The number of ether oxygens (including phenoxy) is 2. The summed E-state index contributed by atoms with van der Waals surface area (Å²) in [6, 6.07) is 6.55. The normalized spacial score (nSPS) is 26.8. The number of phosphoric ester groups is 1. The van der Waals surface area contributed by atoms with E-state index in [2.05, 4.69) is 0 Å². The van der Waals surface area contributed by atoms with Crippen LogP contribution in [0.2, 0.25) is 0 Å². The number of hydrogen-bond acceptors (Lipinski definition) is 9. The predicted octanol–water partition coefficient (Wildman–Crippen LogP) is 2.27. The van der Waals surface area contributed by atoms with Gasteiger partial charge in [-0.05, 0) is 25.5 Å². The molecule has 0 amide bonds. The maximum atomic E-state index is 13.6. The second kappa shape index (κ2) is 9.32. The maximum absolute atomic E-state index is 13.6. The van der Waals surface area contributed by atoms with Crippen LogP contribution in [0.3, 0.4) is 0 Å². The van der Waals surface area contributed by atoms with E-state index < -0.39 is 49.3 Å². The number of fused-ring (bicyclic) bond motifs is 1. The monoisotopic (exact) mass is 484 g/mol. The zero-order valence-electron chi connectivity index (χ0n) is 17.8. The molecule has 33 heavy (non-hydrogen) atoms. The highest BCUT2D eigenvalue weighted by Crippen LogP contribution is 2.57. The van der Waals surface area contributed by atoms with Gasteiger partial charge in [-0.15, -0.1) is 0 Å². The number of hydrogen-bond donors (Lipinski definition) is 1. The Balaban J connectivity index is 1.43. The number of nitrogens with one attached hydrogen (secondary N) is 1. The Morgan fingerprint density at radius 3 is 2.82 bits per heavy atom. The van der Waals surface area contributed by atoms with Crippen molar-refractivity contribution in [1.29, 1.82) is 0 Å². The van der Waals surface area contributed by atoms with E-state index in [0.29, 0.717) is 5.56 Å². The van der Waals surface area contributed by atoms with Gasteiger partial charge in [0.15, 0.2) is 0 Å². The molecule has 2 fully saturated rings. The summed E-state index contributed by atoms with van der Waals surface area (Å²) in [7, 11) is -4.03. The molecule has 2 aromatic rings. The number of esters is 1. The van der Waals surface area contributed by atoms with Gasteiger partial charge in [0.1, 0.15) is 18.4 Å². The molecular formula is C20H22FN2O9P. The second-order valence-corrected chi connectivity index (χ2v) is 9.40. The van der Waals surface area contributed by atoms with Crippen LogP contribution in [0.25, 0.3) is 0 Å². The van der Waals surface area contributed by atoms with E-state index in [1.165, 1.54) is 0 Å². The van der Waals surface area contributed by atoms with E-state index in [-0.39, 0.29) is 31.3 Å². The predicted molar refractivity (Wildman–Crippen MR) is 110 cm³/mol. The van der Waals surface area contributed by atoms with Crippen molar-refractivity contribution in [2.24, 2.45) is 0 Å². The lowest BCUT2D eigenvalue weighted by Gasteiger charge is -2.29. The lowest BCUT2D eigenvalue weighted by atomic mass is 10.1. The third kappa shape index (κ3) is 5.15. The molecule has 2 aliphatic heterocycles. The lowest BCUT2D eigenvalue weighted by molar-refractivity contribution is -0.0732. The Morgan fingerprint density at radius 2 is 2.06 bits per heavy atom. The average Bonchev–Trinajstić information content (AvgIpc) is 3.17. The highest BCUT2D eigenvalue weighted by Gasteiger charge is 2.48. The number of aromatic amines is 1. The number of carbonyl (C=O) groups is 1. The summed E-state index contributed by atoms with van der Waals surface area (Å²) in [5, 5.41) is 0. The van der Waals surface area contributed by atoms with Gasteiger partial charge in [0.25, 0.3) is 5.56 Å². The largest absolute Gasteiger partial charge is 0.475 e. The standard InChI is InChI=1S/C20H22FN2O9P/c1-11(2)30-19(25)13-6-4-3-5-12(13)9-28-33(27)29-10-16-15(32-33)7-17(31-16)23-8-14(21)18(24)22-20(23)26/h3-6,8,11,15-17H,7,9-10H2,1-2H3,(H,22,24,26)/t15-,16+,17+,33?/m0/s1. The van der Waals surface area contributed by atoms with Gasteiger partial charge in [0, 0.05) is 6.42 Å². The molecule has 1 N–H and O–H groups in total. The number of carbonyl (C=O) groups excluding carboxylic acids is 1. The lowest BCUT2D eigenvalue weighted by Crippen LogP contribution is -2.34. The zero-order chi connectivity index (χ0) is 23.8. The Bertz CT molecular complexity index is 1210. The molecule has 13 heteroatoms. The van der Waals surface area contributed by atoms with E-state index in [4.69, 9.17) is 23.0 Å². The van der Waals surface area contributed by atoms with Gasteiger partial charge in [0.05, 0.1) is 31.1 Å². The highest BCUT2D eigenvalue weighted by atomic mass is 31.2. The van der Waals surface area contributed by atoms with Gasteiger partial charge in [-0.25, -0.2) is 14.2 Å². The van der Waals surface area contributed by atoms with Crippen LogP contribution in [-0.4, -0.2) is 40.4 Å². The molecule has 1 aromatic heterocycles. The fraction of sp³-hybridized carbons (Fsp3) is 0.450. The van der Waals surface area contributed by atoms with Gasteiger partial charge >= 0.3 is 19.5 Å². The second-order valence-electron chi connectivity index (χ2n) is 7.78. The van der Waals surface area contributed by atoms with Crippen LogP contribution in [0.4, 0.5) is 4.39 Å². The number of nitrogens with zero attached hydrogens (tertiary/aromatic N) is 1. The van der Waals surface area contributed by atoms with Gasteiger partial charge in [-0.3, -0.25) is 27.9 Å². The molecule has 2 saturated heterocycles. The minimum Gasteiger partial charge on any atom is -0.459 e. The first-order valence-electron chi connectivity index (χ1n) is 10.2. The number of rotatable bonds is 6. The third-order valence-electron chi connectivity index (χ3n) is 5.03. The van der Waals surface area contributed by atoms with Crippen molar-refractivity contribution in [3.63, 3.8) is 0 Å². The molecule has 0 radical (unpaired) electrons. The molecule has 0 saturated carbocycles. The molecule has 0 spiro atoms. The van der Waals surface area contributed by atoms with Gasteiger partial charge < -0.3 is 9.47 Å². The van der Waals surface area contributed by atoms with Gasteiger partial charge in [0.2, 0.25) is 5.82 Å². The fourth-order valence-corrected chi connectivity index (χ4v) is 4.88. The van der Waals surface area contributed by atoms with Crippen LogP contribution < -0.4 is 11.2 Å². The summed E-state index contributed by atoms with van der Waals surface area (Å²) < 4.78 is 54.6. The summed E-state index contributed by atoms with van der Waals surface area (Å²) in [6.07, 6.45) is -1.93. The van der Waals surface area contributed by atoms with E-state index in [1.54, 1.807) is 38.1 Å². The number of aromatic nitrogens is 2. The molecular weight excluding hydrogens is 462 g/mol. The molecule has 0 aliphatic carbocycles. The average molecular weight is 484 g/mol. The van der Waals surface area contributed by atoms with Crippen molar-refractivity contribution in [1.82, 2.24) is 9.55 Å². The van der Waals surface area contributed by atoms with Crippen molar-refractivity contribution in [3.8, 4) is 0 Å². The van der Waals surface area contributed by atoms with Crippen molar-refractivity contribution < 1.29 is 36.8 Å². The smallest absolute Gasteiger partial charge is 0.459 e. The van der Waals surface area contributed by atoms with E-state index in [0.717, 1.165) is 10.8 Å². The molecule has 4 rings (SSSR count). The Hall–Kier alpha value is -2.63. The van der Waals surface area contributed by atoms with E-state index in [9.17, 15) is 23.3 Å². The van der Waals surface area contributed by atoms with Crippen molar-refractivity contribution in [3.05, 3.63) is 68.2 Å². The van der Waals surface area contributed by atoms with Crippen molar-refractivity contribution in [2.75, 3.05) is 6.61 Å². The fourth-order valence-electron chi connectivity index (χ4n) is 3.51. The van der Waals surface area contributed by atoms with E-state index in [1.807, 2.05) is 4.98 Å². The van der Waals surface area contributed by atoms with Gasteiger partial charge in [-0.2, -0.15) is 4.39 Å². The molecule has 3 heterocycles. The first kappa shape index (κ1) is 23.5. The SMILES string of the molecule is CC(C)OC(=O)c1ccccc1COP1(=O)OC[C@H]2O[C@@H](n3cc(F)c(=O)[nH]c3=O)C[C@@H]2O1. The van der Waals surface area contributed by atoms with Crippen LogP contribution in [0.15, 0.2) is 40.1 Å². The minimum absolute atomic E-state index is 0.0457. The molecule has 4 atom stereocenters. The summed E-state index contributed by atoms with van der Waals surface area (Å²) in [6.45, 7) is 3.05. The van der Waals surface area contributed by atoms with Gasteiger partial charge in [-0.1, -0.05) is 18.2 Å². The molecule has 1 aromatic carbocycles. The summed E-state index contributed by atoms with van der Waals surface area (Å²) >= 11 is 0. The summed E-state index contributed by atoms with van der Waals surface area (Å²) in [4.78, 5) is 37.4. The first-order chi connectivity index (χ1) is 15.6. The van der Waals surface area contributed by atoms with Crippen LogP contribution in [0.5, 0.6) is 0 Å². The number of benzene rings is 1.